The number of carbonyl (C=O) groups excluding carboxylic acids is 1. The van der Waals surface area contributed by atoms with Gasteiger partial charge < -0.3 is 9.80 Å². The zero-order chi connectivity index (χ0) is 13.7. The van der Waals surface area contributed by atoms with Crippen molar-refractivity contribution in [2.24, 2.45) is 5.92 Å². The lowest BCUT2D eigenvalue weighted by Gasteiger charge is -2.37. The molecule has 2 rings (SSSR count). The van der Waals surface area contributed by atoms with Crippen LogP contribution in [0.5, 0.6) is 0 Å². The Kier molecular flexibility index (Phi) is 5.64. The number of hydrogen-bond acceptors (Lipinski definition) is 3. The number of hydrogen-bond donors (Lipinski definition) is 0. The highest BCUT2D eigenvalue weighted by Gasteiger charge is 2.22. The smallest absolute Gasteiger partial charge is 0.236 e. The summed E-state index contributed by atoms with van der Waals surface area (Å²) < 4.78 is 0. The molecule has 1 amide bonds. The van der Waals surface area contributed by atoms with E-state index < -0.39 is 0 Å². The Hall–Kier alpha value is -0.610. The molecule has 1 saturated carbocycles. The van der Waals surface area contributed by atoms with Crippen molar-refractivity contribution in [1.82, 2.24) is 14.7 Å². The van der Waals surface area contributed by atoms with Crippen molar-refractivity contribution in [1.29, 1.82) is 0 Å². The second kappa shape index (κ2) is 7.25. The molecule has 1 aliphatic heterocycles. The Balaban J connectivity index is 1.65. The van der Waals surface area contributed by atoms with Gasteiger partial charge in [-0.2, -0.15) is 0 Å². The number of nitrogens with zero attached hydrogens (tertiary/aromatic N) is 3. The summed E-state index contributed by atoms with van der Waals surface area (Å²) in [5.41, 5.74) is 0. The summed E-state index contributed by atoms with van der Waals surface area (Å²) in [6.45, 7) is 6.24. The van der Waals surface area contributed by atoms with Crippen LogP contribution in [0.3, 0.4) is 0 Å². The van der Waals surface area contributed by atoms with Crippen LogP contribution >= 0.6 is 0 Å². The van der Waals surface area contributed by atoms with Crippen molar-refractivity contribution >= 4 is 5.91 Å². The molecule has 19 heavy (non-hydrogen) atoms. The van der Waals surface area contributed by atoms with E-state index in [9.17, 15) is 4.79 Å². The molecule has 0 bridgehead atoms. The Morgan fingerprint density at radius 3 is 2.16 bits per heavy atom. The van der Waals surface area contributed by atoms with Gasteiger partial charge in [-0.1, -0.05) is 19.3 Å². The molecule has 0 radical (unpaired) electrons. The van der Waals surface area contributed by atoms with Gasteiger partial charge in [-0.15, -0.1) is 0 Å². The van der Waals surface area contributed by atoms with Crippen LogP contribution in [-0.4, -0.2) is 74.0 Å². The van der Waals surface area contributed by atoms with E-state index in [4.69, 9.17) is 0 Å². The topological polar surface area (TPSA) is 26.8 Å². The molecule has 0 unspecified atom stereocenters. The molecule has 2 fully saturated rings. The lowest BCUT2D eigenvalue weighted by atomic mass is 9.89. The molecule has 0 atom stereocenters. The first kappa shape index (κ1) is 14.8. The van der Waals surface area contributed by atoms with Crippen molar-refractivity contribution < 1.29 is 4.79 Å². The third kappa shape index (κ3) is 4.77. The first-order valence-corrected chi connectivity index (χ1v) is 7.80. The molecular formula is C15H29N3O. The summed E-state index contributed by atoms with van der Waals surface area (Å²) in [5.74, 6) is 1.16. The molecule has 0 spiro atoms. The zero-order valence-corrected chi connectivity index (χ0v) is 12.6. The molecule has 1 aliphatic carbocycles. The van der Waals surface area contributed by atoms with Gasteiger partial charge in [0.15, 0.2) is 0 Å². The van der Waals surface area contributed by atoms with Gasteiger partial charge in [-0.25, -0.2) is 0 Å². The number of rotatable bonds is 4. The normalized spacial score (nSPS) is 23.5. The lowest BCUT2D eigenvalue weighted by Crippen LogP contribution is -2.50. The summed E-state index contributed by atoms with van der Waals surface area (Å²) >= 11 is 0. The molecule has 0 aromatic heterocycles. The van der Waals surface area contributed by atoms with Crippen LogP contribution in [0.4, 0.5) is 0 Å². The van der Waals surface area contributed by atoms with Crippen LogP contribution in [0.25, 0.3) is 0 Å². The van der Waals surface area contributed by atoms with Crippen LogP contribution in [0.1, 0.15) is 32.1 Å². The van der Waals surface area contributed by atoms with Gasteiger partial charge >= 0.3 is 0 Å². The molecule has 0 N–H and O–H groups in total. The van der Waals surface area contributed by atoms with Crippen molar-refractivity contribution in [3.05, 3.63) is 0 Å². The van der Waals surface area contributed by atoms with Gasteiger partial charge in [0.25, 0.3) is 0 Å². The van der Waals surface area contributed by atoms with Gasteiger partial charge in [-0.3, -0.25) is 9.69 Å². The standard InChI is InChI=1S/C15H29N3O/c1-16(2)15(19)13-18-10-8-17(9-11-18)12-14-6-4-3-5-7-14/h14H,3-13H2,1-2H3. The molecule has 1 heterocycles. The number of likely N-dealkylation sites (N-methyl/N-ethyl adjacent to an activating group) is 1. The Bertz CT molecular complexity index is 279. The third-order valence-corrected chi connectivity index (χ3v) is 4.56. The maximum Gasteiger partial charge on any atom is 0.236 e. The van der Waals surface area contributed by atoms with Crippen LogP contribution in [0.15, 0.2) is 0 Å². The van der Waals surface area contributed by atoms with Gasteiger partial charge in [0.1, 0.15) is 0 Å². The predicted molar refractivity (Wildman–Crippen MR) is 78.1 cm³/mol. The average Bonchev–Trinajstić information content (AvgIpc) is 2.42. The highest BCUT2D eigenvalue weighted by atomic mass is 16.2. The number of carbonyl (C=O) groups is 1. The maximum atomic E-state index is 11.7. The molecule has 4 heteroatoms. The summed E-state index contributed by atoms with van der Waals surface area (Å²) in [6.07, 6.45) is 7.17. The Labute approximate surface area is 117 Å². The van der Waals surface area contributed by atoms with E-state index >= 15 is 0 Å². The first-order valence-electron chi connectivity index (χ1n) is 7.80. The monoisotopic (exact) mass is 267 g/mol. The lowest BCUT2D eigenvalue weighted by molar-refractivity contribution is -0.130. The van der Waals surface area contributed by atoms with E-state index in [0.717, 1.165) is 32.1 Å². The minimum absolute atomic E-state index is 0.223. The second-order valence-electron chi connectivity index (χ2n) is 6.37. The fraction of sp³-hybridized carbons (Fsp3) is 0.933. The molecule has 2 aliphatic rings. The van der Waals surface area contributed by atoms with Crippen LogP contribution in [0.2, 0.25) is 0 Å². The first-order chi connectivity index (χ1) is 9.15. The third-order valence-electron chi connectivity index (χ3n) is 4.56. The molecule has 110 valence electrons. The van der Waals surface area contributed by atoms with Crippen molar-refractivity contribution in [3.8, 4) is 0 Å². The summed E-state index contributed by atoms with van der Waals surface area (Å²) in [5, 5.41) is 0. The van der Waals surface area contributed by atoms with E-state index in [0.29, 0.717) is 6.54 Å². The van der Waals surface area contributed by atoms with E-state index in [-0.39, 0.29) is 5.91 Å². The maximum absolute atomic E-state index is 11.7. The van der Waals surface area contributed by atoms with Crippen LogP contribution in [-0.2, 0) is 4.79 Å². The SMILES string of the molecule is CN(C)C(=O)CN1CCN(CC2CCCCC2)CC1. The average molecular weight is 267 g/mol. The fourth-order valence-electron chi connectivity index (χ4n) is 3.20. The predicted octanol–water partition coefficient (Wildman–Crippen LogP) is 1.27. The highest BCUT2D eigenvalue weighted by molar-refractivity contribution is 5.77. The molecular weight excluding hydrogens is 238 g/mol. The molecule has 0 aromatic rings. The molecule has 4 nitrogen and oxygen atoms in total. The van der Waals surface area contributed by atoms with Crippen LogP contribution < -0.4 is 0 Å². The van der Waals surface area contributed by atoms with Crippen molar-refractivity contribution in [2.75, 3.05) is 53.4 Å². The van der Waals surface area contributed by atoms with E-state index in [1.54, 1.807) is 4.90 Å². The van der Waals surface area contributed by atoms with Gasteiger partial charge in [-0.05, 0) is 18.8 Å². The Morgan fingerprint density at radius 2 is 1.58 bits per heavy atom. The highest BCUT2D eigenvalue weighted by Crippen LogP contribution is 2.24. The quantitative estimate of drug-likeness (QED) is 0.767. The Morgan fingerprint density at radius 1 is 1.00 bits per heavy atom. The largest absolute Gasteiger partial charge is 0.348 e. The van der Waals surface area contributed by atoms with E-state index in [1.165, 1.54) is 38.6 Å². The van der Waals surface area contributed by atoms with Crippen LogP contribution in [0, 0.1) is 5.92 Å². The summed E-state index contributed by atoms with van der Waals surface area (Å²) in [4.78, 5) is 18.3. The number of piperazine rings is 1. The van der Waals surface area contributed by atoms with E-state index in [2.05, 4.69) is 9.80 Å². The zero-order valence-electron chi connectivity index (χ0n) is 12.6. The molecule has 0 aromatic carbocycles. The summed E-state index contributed by atoms with van der Waals surface area (Å²) in [6, 6.07) is 0. The minimum Gasteiger partial charge on any atom is -0.348 e. The van der Waals surface area contributed by atoms with E-state index in [1.807, 2.05) is 14.1 Å². The summed E-state index contributed by atoms with van der Waals surface area (Å²) in [7, 11) is 3.67. The number of amides is 1. The van der Waals surface area contributed by atoms with Crippen molar-refractivity contribution in [3.63, 3.8) is 0 Å². The fourth-order valence-corrected chi connectivity index (χ4v) is 3.20. The second-order valence-corrected chi connectivity index (χ2v) is 6.37. The van der Waals surface area contributed by atoms with Gasteiger partial charge in [0, 0.05) is 46.8 Å². The van der Waals surface area contributed by atoms with Crippen molar-refractivity contribution in [2.45, 2.75) is 32.1 Å². The molecule has 1 saturated heterocycles. The minimum atomic E-state index is 0.223. The van der Waals surface area contributed by atoms with Gasteiger partial charge in [0.2, 0.25) is 5.91 Å². The van der Waals surface area contributed by atoms with Gasteiger partial charge in [0.05, 0.1) is 6.54 Å².